The van der Waals surface area contributed by atoms with E-state index >= 15 is 0 Å². The molecule has 1 N–H and O–H groups in total. The molecular formula is C13H15ClF3NO2. The Balaban J connectivity index is 2.81. The molecule has 0 spiro atoms. The number of ether oxygens (including phenoxy) is 1. The van der Waals surface area contributed by atoms with Crippen LogP contribution in [-0.4, -0.2) is 18.1 Å². The predicted octanol–water partition coefficient (Wildman–Crippen LogP) is 4.11. The Bertz CT molecular complexity index is 495. The lowest BCUT2D eigenvalue weighted by Gasteiger charge is -2.20. The van der Waals surface area contributed by atoms with E-state index in [0.29, 0.717) is 0 Å². The summed E-state index contributed by atoms with van der Waals surface area (Å²) in [5.74, 6) is -0.638. The van der Waals surface area contributed by atoms with Crippen LogP contribution in [0.1, 0.15) is 26.3 Å². The van der Waals surface area contributed by atoms with Gasteiger partial charge in [-0.1, -0.05) is 11.6 Å². The van der Waals surface area contributed by atoms with Gasteiger partial charge in [0.05, 0.1) is 5.56 Å². The van der Waals surface area contributed by atoms with Gasteiger partial charge in [0.2, 0.25) is 0 Å². The molecule has 0 fully saturated rings. The molecule has 20 heavy (non-hydrogen) atoms. The summed E-state index contributed by atoms with van der Waals surface area (Å²) >= 11 is 5.55. The first-order valence-electron chi connectivity index (χ1n) is 5.81. The summed E-state index contributed by atoms with van der Waals surface area (Å²) in [6.07, 6.45) is -4.55. The highest BCUT2D eigenvalue weighted by Crippen LogP contribution is 2.36. The van der Waals surface area contributed by atoms with Crippen LogP contribution < -0.4 is 5.32 Å². The molecule has 0 unspecified atom stereocenters. The first-order valence-corrected chi connectivity index (χ1v) is 6.19. The Morgan fingerprint density at radius 3 is 2.40 bits per heavy atom. The zero-order valence-electron chi connectivity index (χ0n) is 11.3. The van der Waals surface area contributed by atoms with Crippen LogP contribution in [0, 0.1) is 0 Å². The van der Waals surface area contributed by atoms with Gasteiger partial charge in [-0.15, -0.1) is 0 Å². The molecule has 0 aliphatic rings. The lowest BCUT2D eigenvalue weighted by molar-refractivity contribution is -0.152. The number of benzene rings is 1. The van der Waals surface area contributed by atoms with Crippen LogP contribution in [0.5, 0.6) is 0 Å². The van der Waals surface area contributed by atoms with Crippen molar-refractivity contribution in [3.05, 3.63) is 28.8 Å². The fourth-order valence-electron chi connectivity index (χ4n) is 1.45. The summed E-state index contributed by atoms with van der Waals surface area (Å²) in [7, 11) is 0. The molecular weight excluding hydrogens is 295 g/mol. The lowest BCUT2D eigenvalue weighted by Crippen LogP contribution is -2.28. The molecule has 0 aromatic heterocycles. The third-order valence-corrected chi connectivity index (χ3v) is 2.37. The Morgan fingerprint density at radius 1 is 1.30 bits per heavy atom. The van der Waals surface area contributed by atoms with Crippen LogP contribution >= 0.6 is 11.6 Å². The third kappa shape index (κ3) is 5.28. The molecule has 3 nitrogen and oxygen atoms in total. The molecule has 0 atom stereocenters. The van der Waals surface area contributed by atoms with E-state index in [-0.39, 0.29) is 17.3 Å². The van der Waals surface area contributed by atoms with Gasteiger partial charge in [0.1, 0.15) is 12.1 Å². The fraction of sp³-hybridized carbons (Fsp3) is 0.462. The first kappa shape index (κ1) is 16.6. The first-order chi connectivity index (χ1) is 8.99. The van der Waals surface area contributed by atoms with Gasteiger partial charge < -0.3 is 10.1 Å². The van der Waals surface area contributed by atoms with Gasteiger partial charge in [0, 0.05) is 10.7 Å². The minimum atomic E-state index is -4.55. The van der Waals surface area contributed by atoms with Gasteiger partial charge in [0.15, 0.2) is 0 Å². The standard InChI is InChI=1S/C13H15ClF3NO2/c1-12(2,3)20-11(19)7-18-10-5-4-8(14)6-9(10)13(15,16)17/h4-6,18H,7H2,1-3H3. The normalized spacial score (nSPS) is 12.2. The number of carbonyl (C=O) groups is 1. The van der Waals surface area contributed by atoms with Gasteiger partial charge >= 0.3 is 12.1 Å². The van der Waals surface area contributed by atoms with Crippen LogP contribution in [0.2, 0.25) is 5.02 Å². The Morgan fingerprint density at radius 2 is 1.90 bits per heavy atom. The largest absolute Gasteiger partial charge is 0.459 e. The van der Waals surface area contributed by atoms with Crippen molar-refractivity contribution in [2.24, 2.45) is 0 Å². The summed E-state index contributed by atoms with van der Waals surface area (Å²) in [4.78, 5) is 11.5. The van der Waals surface area contributed by atoms with E-state index in [1.807, 2.05) is 0 Å². The molecule has 0 radical (unpaired) electrons. The molecule has 0 bridgehead atoms. The van der Waals surface area contributed by atoms with E-state index in [1.54, 1.807) is 20.8 Å². The number of esters is 1. The smallest absolute Gasteiger partial charge is 0.418 e. The third-order valence-electron chi connectivity index (χ3n) is 2.13. The maximum atomic E-state index is 12.8. The van der Waals surface area contributed by atoms with E-state index in [0.717, 1.165) is 6.07 Å². The average Bonchev–Trinajstić information content (AvgIpc) is 2.23. The van der Waals surface area contributed by atoms with E-state index in [9.17, 15) is 18.0 Å². The number of hydrogen-bond acceptors (Lipinski definition) is 3. The van der Waals surface area contributed by atoms with Crippen molar-refractivity contribution in [1.82, 2.24) is 0 Å². The van der Waals surface area contributed by atoms with Gasteiger partial charge in [-0.25, -0.2) is 0 Å². The van der Waals surface area contributed by atoms with E-state index in [2.05, 4.69) is 5.32 Å². The topological polar surface area (TPSA) is 38.3 Å². The summed E-state index contributed by atoms with van der Waals surface area (Å²) in [5, 5.41) is 2.39. The average molecular weight is 310 g/mol. The van der Waals surface area contributed by atoms with Crippen LogP contribution in [0.15, 0.2) is 18.2 Å². The Kier molecular flexibility index (Phi) is 4.91. The quantitative estimate of drug-likeness (QED) is 0.854. The van der Waals surface area contributed by atoms with Crippen molar-refractivity contribution in [3.63, 3.8) is 0 Å². The predicted molar refractivity (Wildman–Crippen MR) is 70.8 cm³/mol. The number of alkyl halides is 3. The number of carbonyl (C=O) groups excluding carboxylic acids is 1. The minimum absolute atomic E-state index is 0.0276. The molecule has 112 valence electrons. The molecule has 0 heterocycles. The minimum Gasteiger partial charge on any atom is -0.459 e. The van der Waals surface area contributed by atoms with Gasteiger partial charge in [-0.2, -0.15) is 13.2 Å². The summed E-state index contributed by atoms with van der Waals surface area (Å²) < 4.78 is 43.4. The number of halogens is 4. The maximum absolute atomic E-state index is 12.8. The second kappa shape index (κ2) is 5.91. The van der Waals surface area contributed by atoms with Gasteiger partial charge in [-0.05, 0) is 39.0 Å². The second-order valence-electron chi connectivity index (χ2n) is 5.13. The molecule has 1 rings (SSSR count). The highest BCUT2D eigenvalue weighted by atomic mass is 35.5. The van der Waals surface area contributed by atoms with Crippen molar-refractivity contribution >= 4 is 23.3 Å². The molecule has 7 heteroatoms. The zero-order chi connectivity index (χ0) is 15.6. The number of nitrogens with one attached hydrogen (secondary N) is 1. The Hall–Kier alpha value is -1.43. The summed E-state index contributed by atoms with van der Waals surface area (Å²) in [5.41, 5.74) is -1.83. The van der Waals surface area contributed by atoms with E-state index in [4.69, 9.17) is 16.3 Å². The number of anilines is 1. The van der Waals surface area contributed by atoms with Gasteiger partial charge in [-0.3, -0.25) is 4.79 Å². The number of hydrogen-bond donors (Lipinski definition) is 1. The summed E-state index contributed by atoms with van der Waals surface area (Å²) in [6.45, 7) is 4.67. The molecule has 1 aromatic carbocycles. The monoisotopic (exact) mass is 309 g/mol. The molecule has 1 aromatic rings. The van der Waals surface area contributed by atoms with Crippen molar-refractivity contribution in [3.8, 4) is 0 Å². The van der Waals surface area contributed by atoms with Crippen LogP contribution in [0.4, 0.5) is 18.9 Å². The molecule has 0 aliphatic heterocycles. The molecule has 0 aliphatic carbocycles. The fourth-order valence-corrected chi connectivity index (χ4v) is 1.62. The highest BCUT2D eigenvalue weighted by Gasteiger charge is 2.34. The van der Waals surface area contributed by atoms with Crippen molar-refractivity contribution in [2.45, 2.75) is 32.5 Å². The molecule has 0 saturated heterocycles. The number of rotatable bonds is 3. The van der Waals surface area contributed by atoms with Crippen molar-refractivity contribution in [2.75, 3.05) is 11.9 Å². The van der Waals surface area contributed by atoms with E-state index in [1.165, 1.54) is 12.1 Å². The Labute approximate surface area is 120 Å². The highest BCUT2D eigenvalue weighted by molar-refractivity contribution is 6.30. The summed E-state index contributed by atoms with van der Waals surface area (Å²) in [6, 6.07) is 3.29. The van der Waals surface area contributed by atoms with Crippen molar-refractivity contribution < 1.29 is 22.7 Å². The second-order valence-corrected chi connectivity index (χ2v) is 5.56. The zero-order valence-corrected chi connectivity index (χ0v) is 12.0. The maximum Gasteiger partial charge on any atom is 0.418 e. The van der Waals surface area contributed by atoms with Crippen molar-refractivity contribution in [1.29, 1.82) is 0 Å². The SMILES string of the molecule is CC(C)(C)OC(=O)CNc1ccc(Cl)cc1C(F)(F)F. The lowest BCUT2D eigenvalue weighted by atomic mass is 10.1. The van der Waals surface area contributed by atoms with Gasteiger partial charge in [0.25, 0.3) is 0 Å². The van der Waals surface area contributed by atoms with Crippen LogP contribution in [-0.2, 0) is 15.7 Å². The molecule has 0 saturated carbocycles. The van der Waals surface area contributed by atoms with Crippen LogP contribution in [0.3, 0.4) is 0 Å². The van der Waals surface area contributed by atoms with Crippen LogP contribution in [0.25, 0.3) is 0 Å². The van der Waals surface area contributed by atoms with E-state index < -0.39 is 23.3 Å². The molecule has 0 amide bonds.